The van der Waals surface area contributed by atoms with E-state index in [2.05, 4.69) is 4.72 Å². The summed E-state index contributed by atoms with van der Waals surface area (Å²) in [4.78, 5) is 0.528. The zero-order valence-corrected chi connectivity index (χ0v) is 20.8. The van der Waals surface area contributed by atoms with Gasteiger partial charge >= 0.3 is 0 Å². The highest BCUT2D eigenvalue weighted by Gasteiger charge is 2.28. The van der Waals surface area contributed by atoms with Crippen LogP contribution in [-0.2, 0) is 45.9 Å². The molecule has 8 heteroatoms. The molecule has 0 aromatic heterocycles. The molecule has 3 aromatic carbocycles. The molecule has 0 radical (unpaired) electrons. The first-order valence-electron chi connectivity index (χ1n) is 11.6. The third-order valence-electron chi connectivity index (χ3n) is 6.72. The summed E-state index contributed by atoms with van der Waals surface area (Å²) in [6, 6.07) is 17.6. The second kappa shape index (κ2) is 8.83. The van der Waals surface area contributed by atoms with Gasteiger partial charge in [0.05, 0.1) is 9.79 Å². The molecule has 1 aliphatic heterocycles. The Hall–Kier alpha value is -2.68. The van der Waals surface area contributed by atoms with E-state index in [9.17, 15) is 16.8 Å². The summed E-state index contributed by atoms with van der Waals surface area (Å²) in [5.41, 5.74) is 5.62. The van der Waals surface area contributed by atoms with Crippen LogP contribution in [0.25, 0.3) is 0 Å². The molecular formula is C26H28N2O4S2. The molecule has 5 rings (SSSR count). The molecule has 0 atom stereocenters. The molecule has 178 valence electrons. The molecule has 0 unspecified atom stereocenters. The van der Waals surface area contributed by atoms with Gasteiger partial charge in [-0.2, -0.15) is 4.31 Å². The zero-order chi connectivity index (χ0) is 23.9. The van der Waals surface area contributed by atoms with Crippen molar-refractivity contribution in [3.8, 4) is 0 Å². The number of sulfonamides is 2. The molecule has 0 bridgehead atoms. The molecule has 1 N–H and O–H groups in total. The average molecular weight is 497 g/mol. The van der Waals surface area contributed by atoms with Crippen LogP contribution in [-0.4, -0.2) is 27.7 Å². The van der Waals surface area contributed by atoms with Gasteiger partial charge in [-0.1, -0.05) is 29.8 Å². The van der Waals surface area contributed by atoms with E-state index in [1.807, 2.05) is 19.1 Å². The van der Waals surface area contributed by atoms with E-state index < -0.39 is 20.0 Å². The second-order valence-electron chi connectivity index (χ2n) is 9.13. The van der Waals surface area contributed by atoms with E-state index in [0.717, 1.165) is 47.9 Å². The van der Waals surface area contributed by atoms with Crippen LogP contribution in [0.1, 0.15) is 40.7 Å². The number of benzene rings is 3. The van der Waals surface area contributed by atoms with Gasteiger partial charge < -0.3 is 0 Å². The Balaban J connectivity index is 1.38. The van der Waals surface area contributed by atoms with Crippen LogP contribution >= 0.6 is 0 Å². The summed E-state index contributed by atoms with van der Waals surface area (Å²) in [5, 5.41) is 0. The molecule has 0 amide bonds. The van der Waals surface area contributed by atoms with Crippen molar-refractivity contribution in [1.82, 2.24) is 4.31 Å². The highest BCUT2D eigenvalue weighted by atomic mass is 32.2. The van der Waals surface area contributed by atoms with Gasteiger partial charge in [-0.05, 0) is 97.7 Å². The maximum absolute atomic E-state index is 13.1. The fourth-order valence-corrected chi connectivity index (χ4v) is 7.27. The Morgan fingerprint density at radius 2 is 1.35 bits per heavy atom. The van der Waals surface area contributed by atoms with E-state index in [0.29, 0.717) is 18.7 Å². The lowest BCUT2D eigenvalue weighted by atomic mass is 9.92. The lowest BCUT2D eigenvalue weighted by Gasteiger charge is -2.28. The lowest BCUT2D eigenvalue weighted by molar-refractivity contribution is 0.391. The van der Waals surface area contributed by atoms with Gasteiger partial charge in [0.15, 0.2) is 0 Å². The third-order valence-corrected chi connectivity index (χ3v) is 9.96. The third kappa shape index (κ3) is 4.50. The number of rotatable bonds is 5. The number of hydrogen-bond acceptors (Lipinski definition) is 4. The molecule has 34 heavy (non-hydrogen) atoms. The highest BCUT2D eigenvalue weighted by Crippen LogP contribution is 2.29. The van der Waals surface area contributed by atoms with Gasteiger partial charge in [-0.25, -0.2) is 16.8 Å². The summed E-state index contributed by atoms with van der Waals surface area (Å²) < 4.78 is 56.6. The van der Waals surface area contributed by atoms with Gasteiger partial charge in [0.1, 0.15) is 0 Å². The minimum Gasteiger partial charge on any atom is -0.280 e. The minimum absolute atomic E-state index is 0.208. The molecule has 3 aromatic rings. The van der Waals surface area contributed by atoms with Crippen molar-refractivity contribution in [3.63, 3.8) is 0 Å². The van der Waals surface area contributed by atoms with Crippen molar-refractivity contribution in [3.05, 3.63) is 88.5 Å². The monoisotopic (exact) mass is 496 g/mol. The average Bonchev–Trinajstić information content (AvgIpc) is 2.83. The Morgan fingerprint density at radius 3 is 2.12 bits per heavy atom. The number of fused-ring (bicyclic) bond motifs is 2. The van der Waals surface area contributed by atoms with Crippen LogP contribution in [0.5, 0.6) is 0 Å². The van der Waals surface area contributed by atoms with Gasteiger partial charge in [0.2, 0.25) is 10.0 Å². The minimum atomic E-state index is -3.74. The first-order chi connectivity index (χ1) is 16.2. The zero-order valence-electron chi connectivity index (χ0n) is 19.1. The fraction of sp³-hybridized carbons (Fsp3) is 0.308. The number of aryl methyl sites for hydroxylation is 3. The molecule has 2 aliphatic rings. The predicted molar refractivity (Wildman–Crippen MR) is 133 cm³/mol. The standard InChI is InChI=1S/C26H28N2O4S2/c1-19-6-11-25(12-7-19)34(31,32)28-15-14-21-8-10-24(16-23(21)18-28)27-33(29,30)26-13-9-20-4-2-3-5-22(20)17-26/h6-13,16-17,27H,2-5,14-15,18H2,1H3. The Bertz CT molecular complexity index is 1450. The molecule has 0 spiro atoms. The second-order valence-corrected chi connectivity index (χ2v) is 12.7. The number of anilines is 1. The predicted octanol–water partition coefficient (Wildman–Crippen LogP) is 4.42. The molecule has 1 heterocycles. The maximum Gasteiger partial charge on any atom is 0.261 e. The summed E-state index contributed by atoms with van der Waals surface area (Å²) in [7, 11) is -7.37. The van der Waals surface area contributed by atoms with Gasteiger partial charge in [0, 0.05) is 18.8 Å². The Kier molecular flexibility index (Phi) is 6.00. The molecule has 0 fully saturated rings. The molecule has 0 saturated carbocycles. The number of nitrogens with one attached hydrogen (secondary N) is 1. The molecule has 1 aliphatic carbocycles. The molecule has 0 saturated heterocycles. The van der Waals surface area contributed by atoms with Crippen LogP contribution in [0.3, 0.4) is 0 Å². The van der Waals surface area contributed by atoms with Gasteiger partial charge in [-0.15, -0.1) is 0 Å². The van der Waals surface area contributed by atoms with Crippen molar-refractivity contribution in [2.45, 2.75) is 55.4 Å². The first-order valence-corrected chi connectivity index (χ1v) is 14.5. The smallest absolute Gasteiger partial charge is 0.261 e. The van der Waals surface area contributed by atoms with Crippen LogP contribution in [0.15, 0.2) is 70.5 Å². The van der Waals surface area contributed by atoms with Crippen molar-refractivity contribution in [2.24, 2.45) is 0 Å². The van der Waals surface area contributed by atoms with Gasteiger partial charge in [-0.3, -0.25) is 4.72 Å². The van der Waals surface area contributed by atoms with Crippen LogP contribution in [0, 0.1) is 6.92 Å². The first kappa shape index (κ1) is 23.1. The Labute approximate surface area is 201 Å². The van der Waals surface area contributed by atoms with Crippen molar-refractivity contribution in [1.29, 1.82) is 0 Å². The van der Waals surface area contributed by atoms with Gasteiger partial charge in [0.25, 0.3) is 10.0 Å². The van der Waals surface area contributed by atoms with E-state index in [1.165, 1.54) is 9.87 Å². The normalized spacial score (nSPS) is 16.5. The highest BCUT2D eigenvalue weighted by molar-refractivity contribution is 7.92. The summed E-state index contributed by atoms with van der Waals surface area (Å²) in [6.07, 6.45) is 4.71. The summed E-state index contributed by atoms with van der Waals surface area (Å²) in [6.45, 7) is 2.52. The van der Waals surface area contributed by atoms with Crippen molar-refractivity contribution < 1.29 is 16.8 Å². The topological polar surface area (TPSA) is 83.6 Å². The summed E-state index contributed by atoms with van der Waals surface area (Å²) >= 11 is 0. The van der Waals surface area contributed by atoms with E-state index >= 15 is 0 Å². The Morgan fingerprint density at radius 1 is 0.706 bits per heavy atom. The summed E-state index contributed by atoms with van der Waals surface area (Å²) in [5.74, 6) is 0. The molecular weight excluding hydrogens is 468 g/mol. The van der Waals surface area contributed by atoms with Crippen LogP contribution in [0.4, 0.5) is 5.69 Å². The number of nitrogens with zero attached hydrogens (tertiary/aromatic N) is 1. The van der Waals surface area contributed by atoms with Crippen LogP contribution < -0.4 is 4.72 Å². The van der Waals surface area contributed by atoms with Crippen molar-refractivity contribution >= 4 is 25.7 Å². The van der Waals surface area contributed by atoms with Crippen molar-refractivity contribution in [2.75, 3.05) is 11.3 Å². The largest absolute Gasteiger partial charge is 0.280 e. The SMILES string of the molecule is Cc1ccc(S(=O)(=O)N2CCc3ccc(NS(=O)(=O)c4ccc5c(c4)CCCC5)cc3C2)cc1. The van der Waals surface area contributed by atoms with E-state index in [4.69, 9.17) is 0 Å². The maximum atomic E-state index is 13.1. The van der Waals surface area contributed by atoms with E-state index in [1.54, 1.807) is 48.5 Å². The molecule has 6 nitrogen and oxygen atoms in total. The van der Waals surface area contributed by atoms with Crippen LogP contribution in [0.2, 0.25) is 0 Å². The number of hydrogen-bond donors (Lipinski definition) is 1. The quantitative estimate of drug-likeness (QED) is 0.567. The fourth-order valence-electron chi connectivity index (χ4n) is 4.75. The van der Waals surface area contributed by atoms with E-state index in [-0.39, 0.29) is 16.3 Å². The lowest BCUT2D eigenvalue weighted by Crippen LogP contribution is -2.36.